The lowest BCUT2D eigenvalue weighted by Crippen LogP contribution is -2.35. The van der Waals surface area contributed by atoms with Gasteiger partial charge in [0.2, 0.25) is 0 Å². The SMILES string of the molecule is COc1ccc(CNCc2ccc(C(=O)O)cc2)cc1CN1CCOCC1. The zero-order valence-corrected chi connectivity index (χ0v) is 15.6. The lowest BCUT2D eigenvalue weighted by molar-refractivity contribution is 0.0339. The van der Waals surface area contributed by atoms with E-state index in [1.54, 1.807) is 19.2 Å². The minimum absolute atomic E-state index is 0.307. The lowest BCUT2D eigenvalue weighted by Gasteiger charge is -2.27. The Morgan fingerprint density at radius 2 is 1.78 bits per heavy atom. The van der Waals surface area contributed by atoms with Crippen LogP contribution < -0.4 is 10.1 Å². The van der Waals surface area contributed by atoms with Gasteiger partial charge in [-0.25, -0.2) is 4.79 Å². The molecule has 0 aromatic heterocycles. The Morgan fingerprint density at radius 1 is 1.11 bits per heavy atom. The molecule has 0 bridgehead atoms. The molecule has 1 heterocycles. The zero-order valence-electron chi connectivity index (χ0n) is 15.6. The van der Waals surface area contributed by atoms with Gasteiger partial charge in [0.1, 0.15) is 5.75 Å². The van der Waals surface area contributed by atoms with Crippen LogP contribution in [0.2, 0.25) is 0 Å². The fourth-order valence-electron chi connectivity index (χ4n) is 3.18. The summed E-state index contributed by atoms with van der Waals surface area (Å²) in [5.41, 5.74) is 3.74. The molecule has 2 N–H and O–H groups in total. The molecule has 0 aliphatic carbocycles. The molecule has 2 aromatic carbocycles. The van der Waals surface area contributed by atoms with Crippen molar-refractivity contribution in [1.82, 2.24) is 10.2 Å². The molecule has 0 amide bonds. The van der Waals surface area contributed by atoms with Crippen LogP contribution in [0.3, 0.4) is 0 Å². The maximum Gasteiger partial charge on any atom is 0.335 e. The highest BCUT2D eigenvalue weighted by atomic mass is 16.5. The first kappa shape index (κ1) is 19.4. The molecule has 6 heteroatoms. The molecule has 2 aromatic rings. The van der Waals surface area contributed by atoms with Gasteiger partial charge >= 0.3 is 5.97 Å². The predicted octanol–water partition coefficient (Wildman–Crippen LogP) is 2.52. The Labute approximate surface area is 159 Å². The van der Waals surface area contributed by atoms with E-state index < -0.39 is 5.97 Å². The van der Waals surface area contributed by atoms with Crippen molar-refractivity contribution in [3.8, 4) is 5.75 Å². The summed E-state index contributed by atoms with van der Waals surface area (Å²) < 4.78 is 10.9. The molecule has 0 atom stereocenters. The number of nitrogens with zero attached hydrogens (tertiary/aromatic N) is 1. The largest absolute Gasteiger partial charge is 0.496 e. The van der Waals surface area contributed by atoms with E-state index in [2.05, 4.69) is 22.3 Å². The third kappa shape index (κ3) is 5.53. The second kappa shape index (κ2) is 9.50. The van der Waals surface area contributed by atoms with Gasteiger partial charge < -0.3 is 19.9 Å². The molecule has 1 fully saturated rings. The summed E-state index contributed by atoms with van der Waals surface area (Å²) in [6.07, 6.45) is 0. The predicted molar refractivity (Wildman–Crippen MR) is 103 cm³/mol. The van der Waals surface area contributed by atoms with Gasteiger partial charge in [-0.15, -0.1) is 0 Å². The Balaban J connectivity index is 1.57. The topological polar surface area (TPSA) is 71.0 Å². The van der Waals surface area contributed by atoms with E-state index in [0.29, 0.717) is 12.1 Å². The van der Waals surface area contributed by atoms with Crippen molar-refractivity contribution in [3.05, 3.63) is 64.7 Å². The maximum atomic E-state index is 10.9. The van der Waals surface area contributed by atoms with E-state index >= 15 is 0 Å². The maximum absolute atomic E-state index is 10.9. The number of aromatic carboxylic acids is 1. The molecule has 144 valence electrons. The molecular formula is C21H26N2O4. The Bertz CT molecular complexity index is 755. The van der Waals surface area contributed by atoms with Crippen LogP contribution >= 0.6 is 0 Å². The molecule has 1 saturated heterocycles. The smallest absolute Gasteiger partial charge is 0.335 e. The van der Waals surface area contributed by atoms with Gasteiger partial charge in [0, 0.05) is 38.3 Å². The van der Waals surface area contributed by atoms with Crippen molar-refractivity contribution in [2.24, 2.45) is 0 Å². The molecular weight excluding hydrogens is 344 g/mol. The van der Waals surface area contributed by atoms with E-state index in [1.807, 2.05) is 18.2 Å². The fraction of sp³-hybridized carbons (Fsp3) is 0.381. The van der Waals surface area contributed by atoms with Crippen molar-refractivity contribution < 1.29 is 19.4 Å². The summed E-state index contributed by atoms with van der Waals surface area (Å²) >= 11 is 0. The van der Waals surface area contributed by atoms with Crippen LogP contribution in [-0.4, -0.2) is 49.4 Å². The van der Waals surface area contributed by atoms with Crippen molar-refractivity contribution in [2.45, 2.75) is 19.6 Å². The van der Waals surface area contributed by atoms with E-state index in [4.69, 9.17) is 14.6 Å². The van der Waals surface area contributed by atoms with Crippen LogP contribution in [0.1, 0.15) is 27.0 Å². The van der Waals surface area contributed by atoms with E-state index in [9.17, 15) is 4.79 Å². The average Bonchev–Trinajstić information content (AvgIpc) is 2.69. The third-order valence-corrected chi connectivity index (χ3v) is 4.70. The van der Waals surface area contributed by atoms with Gasteiger partial charge in [0.15, 0.2) is 0 Å². The number of carbonyl (C=O) groups is 1. The highest BCUT2D eigenvalue weighted by Crippen LogP contribution is 2.22. The number of carboxylic acids is 1. The van der Waals surface area contributed by atoms with Crippen LogP contribution in [0.4, 0.5) is 0 Å². The van der Waals surface area contributed by atoms with E-state index in [-0.39, 0.29) is 0 Å². The van der Waals surface area contributed by atoms with Gasteiger partial charge in [-0.05, 0) is 35.4 Å². The lowest BCUT2D eigenvalue weighted by atomic mass is 10.1. The molecule has 1 aliphatic rings. The number of ether oxygens (including phenoxy) is 2. The molecule has 1 aliphatic heterocycles. The first-order valence-electron chi connectivity index (χ1n) is 9.14. The van der Waals surface area contributed by atoms with Crippen LogP contribution in [0.25, 0.3) is 0 Å². The van der Waals surface area contributed by atoms with Crippen molar-refractivity contribution in [2.75, 3.05) is 33.4 Å². The summed E-state index contributed by atoms with van der Waals surface area (Å²) in [5.74, 6) is 0.00930. The number of rotatable bonds is 8. The summed E-state index contributed by atoms with van der Waals surface area (Å²) in [4.78, 5) is 13.3. The summed E-state index contributed by atoms with van der Waals surface area (Å²) in [6.45, 7) is 5.73. The van der Waals surface area contributed by atoms with E-state index in [0.717, 1.165) is 50.7 Å². The van der Waals surface area contributed by atoms with Crippen molar-refractivity contribution in [3.63, 3.8) is 0 Å². The summed E-state index contributed by atoms with van der Waals surface area (Å²) in [7, 11) is 1.71. The number of hydrogen-bond acceptors (Lipinski definition) is 5. The molecule has 0 unspecified atom stereocenters. The number of morpholine rings is 1. The Hall–Kier alpha value is -2.41. The number of methoxy groups -OCH3 is 1. The average molecular weight is 370 g/mol. The summed E-state index contributed by atoms with van der Waals surface area (Å²) in [5, 5.41) is 12.4. The second-order valence-corrected chi connectivity index (χ2v) is 6.64. The fourth-order valence-corrected chi connectivity index (χ4v) is 3.18. The molecule has 3 rings (SSSR count). The van der Waals surface area contributed by atoms with Crippen molar-refractivity contribution in [1.29, 1.82) is 0 Å². The minimum atomic E-state index is -0.902. The zero-order chi connectivity index (χ0) is 19.1. The van der Waals surface area contributed by atoms with Crippen LogP contribution in [0, 0.1) is 0 Å². The van der Waals surface area contributed by atoms with Gasteiger partial charge in [-0.2, -0.15) is 0 Å². The minimum Gasteiger partial charge on any atom is -0.496 e. The molecule has 27 heavy (non-hydrogen) atoms. The van der Waals surface area contributed by atoms with Crippen molar-refractivity contribution >= 4 is 5.97 Å². The molecule has 0 radical (unpaired) electrons. The quantitative estimate of drug-likeness (QED) is 0.744. The number of hydrogen-bond donors (Lipinski definition) is 2. The van der Waals surface area contributed by atoms with Gasteiger partial charge in [0.05, 0.1) is 25.9 Å². The number of benzene rings is 2. The Kier molecular flexibility index (Phi) is 6.81. The number of nitrogens with one attached hydrogen (secondary N) is 1. The van der Waals surface area contributed by atoms with Crippen LogP contribution in [0.15, 0.2) is 42.5 Å². The molecule has 0 spiro atoms. The van der Waals surface area contributed by atoms with Gasteiger partial charge in [-0.1, -0.05) is 18.2 Å². The Morgan fingerprint density at radius 3 is 2.44 bits per heavy atom. The highest BCUT2D eigenvalue weighted by Gasteiger charge is 2.14. The van der Waals surface area contributed by atoms with Gasteiger partial charge in [-0.3, -0.25) is 4.90 Å². The number of carboxylic acid groups (broad SMARTS) is 1. The molecule has 6 nitrogen and oxygen atoms in total. The standard InChI is InChI=1S/C21H26N2O4/c1-26-20-7-4-17(12-19(20)15-23-8-10-27-11-9-23)14-22-13-16-2-5-18(6-3-16)21(24)25/h2-7,12,22H,8-11,13-15H2,1H3,(H,24,25). The highest BCUT2D eigenvalue weighted by molar-refractivity contribution is 5.87. The third-order valence-electron chi connectivity index (χ3n) is 4.70. The van der Waals surface area contributed by atoms with E-state index in [1.165, 1.54) is 11.1 Å². The normalized spacial score (nSPS) is 14.9. The summed E-state index contributed by atoms with van der Waals surface area (Å²) in [6, 6.07) is 13.2. The first-order valence-corrected chi connectivity index (χ1v) is 9.14. The first-order chi connectivity index (χ1) is 13.2. The van der Waals surface area contributed by atoms with Crippen LogP contribution in [0.5, 0.6) is 5.75 Å². The van der Waals surface area contributed by atoms with Crippen LogP contribution in [-0.2, 0) is 24.4 Å². The van der Waals surface area contributed by atoms with Gasteiger partial charge in [0.25, 0.3) is 0 Å². The monoisotopic (exact) mass is 370 g/mol. The molecule has 0 saturated carbocycles. The second-order valence-electron chi connectivity index (χ2n) is 6.64.